The highest BCUT2D eigenvalue weighted by molar-refractivity contribution is 6.39. The average molecular weight is 901 g/mol. The summed E-state index contributed by atoms with van der Waals surface area (Å²) in [5, 5.41) is 0. The van der Waals surface area contributed by atoms with Gasteiger partial charge >= 0.3 is 0 Å². The second-order valence-electron chi connectivity index (χ2n) is 17.3. The molecule has 9 rings (SSSR count). The normalized spacial score (nSPS) is 15.9. The molecule has 68 heavy (non-hydrogen) atoms. The zero-order valence-corrected chi connectivity index (χ0v) is 39.8. The molecule has 0 radical (unpaired) electrons. The SMILES string of the molecule is CCCCOc1ccc(C2=C3C=CC(=N3)C(c3ccc(OCCCC)cc3)=C3C=CC(=N3)C(c3ccc(OCCCC)cc3)=C3C=CC(=N3)C(c3ccc(OCCCC)cc3)=C3C=CC2=N3)cc1. The molecule has 0 fully saturated rings. The number of ether oxygens (including phenoxy) is 4. The second-order valence-corrected chi connectivity index (χ2v) is 17.3. The highest BCUT2D eigenvalue weighted by Crippen LogP contribution is 2.39. The maximum Gasteiger partial charge on any atom is 0.119 e. The average Bonchev–Trinajstić information content (AvgIpc) is 4.23. The zero-order chi connectivity index (χ0) is 46.7. The van der Waals surface area contributed by atoms with Crippen molar-refractivity contribution in [3.05, 3.63) is 191 Å². The van der Waals surface area contributed by atoms with E-state index >= 15 is 0 Å². The second kappa shape index (κ2) is 22.0. The number of hydrogen-bond donors (Lipinski definition) is 0. The molecule has 0 spiro atoms. The molecule has 0 amide bonds. The smallest absolute Gasteiger partial charge is 0.119 e. The van der Waals surface area contributed by atoms with Crippen LogP contribution >= 0.6 is 0 Å². The van der Waals surface area contributed by atoms with E-state index in [2.05, 4.69) is 125 Å². The van der Waals surface area contributed by atoms with E-state index in [1.165, 1.54) is 0 Å². The van der Waals surface area contributed by atoms with E-state index in [0.29, 0.717) is 26.4 Å². The lowest BCUT2D eigenvalue weighted by atomic mass is 9.98. The Kier molecular flexibility index (Phi) is 14.8. The van der Waals surface area contributed by atoms with E-state index < -0.39 is 0 Å². The van der Waals surface area contributed by atoms with E-state index in [1.807, 2.05) is 48.5 Å². The van der Waals surface area contributed by atoms with Gasteiger partial charge in [-0.1, -0.05) is 102 Å². The Morgan fingerprint density at radius 1 is 0.279 bits per heavy atom. The molecule has 0 aromatic heterocycles. The fourth-order valence-corrected chi connectivity index (χ4v) is 8.48. The third-order valence-electron chi connectivity index (χ3n) is 12.2. The van der Waals surface area contributed by atoms with Gasteiger partial charge in [0.25, 0.3) is 0 Å². The quantitative estimate of drug-likeness (QED) is 0.0827. The molecular weight excluding hydrogens is 841 g/mol. The van der Waals surface area contributed by atoms with Crippen molar-refractivity contribution in [1.82, 2.24) is 0 Å². The maximum absolute atomic E-state index is 6.10. The minimum atomic E-state index is 0.678. The molecule has 0 unspecified atom stereocenters. The summed E-state index contributed by atoms with van der Waals surface area (Å²) in [5.41, 5.74) is 14.0. The van der Waals surface area contributed by atoms with Crippen LogP contribution in [0.4, 0.5) is 0 Å². The number of benzene rings is 4. The van der Waals surface area contributed by atoms with Crippen molar-refractivity contribution in [2.45, 2.75) is 79.1 Å². The first kappa shape index (κ1) is 45.8. The molecule has 4 aromatic rings. The van der Waals surface area contributed by atoms with Crippen LogP contribution in [0.5, 0.6) is 23.0 Å². The fourth-order valence-electron chi connectivity index (χ4n) is 8.48. The highest BCUT2D eigenvalue weighted by Gasteiger charge is 2.28. The Morgan fingerprint density at radius 2 is 0.485 bits per heavy atom. The van der Waals surface area contributed by atoms with Crippen molar-refractivity contribution < 1.29 is 18.9 Å². The van der Waals surface area contributed by atoms with E-state index in [-0.39, 0.29) is 0 Å². The lowest BCUT2D eigenvalue weighted by Gasteiger charge is -2.14. The third-order valence-corrected chi connectivity index (χ3v) is 12.2. The molecule has 4 aromatic carbocycles. The van der Waals surface area contributed by atoms with Gasteiger partial charge in [0.15, 0.2) is 0 Å². The summed E-state index contributed by atoms with van der Waals surface area (Å²) in [5.74, 6) is 3.34. The van der Waals surface area contributed by atoms with Crippen molar-refractivity contribution in [2.75, 3.05) is 26.4 Å². The topological polar surface area (TPSA) is 86.4 Å². The number of nitrogens with zero attached hydrogens (tertiary/aromatic N) is 4. The molecule has 8 bridgehead atoms. The third kappa shape index (κ3) is 10.5. The number of fused-ring (bicyclic) bond motifs is 4. The van der Waals surface area contributed by atoms with Gasteiger partial charge in [0.2, 0.25) is 0 Å². The van der Waals surface area contributed by atoms with Crippen LogP contribution in [0.15, 0.2) is 188 Å². The first-order chi connectivity index (χ1) is 33.5. The Morgan fingerprint density at radius 3 is 0.676 bits per heavy atom. The predicted octanol–water partition coefficient (Wildman–Crippen LogP) is 14.4. The minimum absolute atomic E-state index is 0.678. The van der Waals surface area contributed by atoms with Crippen LogP contribution < -0.4 is 18.9 Å². The van der Waals surface area contributed by atoms with Crippen LogP contribution in [0.25, 0.3) is 22.3 Å². The van der Waals surface area contributed by atoms with E-state index in [9.17, 15) is 0 Å². The Labute approximate surface area is 401 Å². The van der Waals surface area contributed by atoms with Gasteiger partial charge < -0.3 is 18.9 Å². The summed E-state index contributed by atoms with van der Waals surface area (Å²) in [7, 11) is 0. The molecule has 5 heterocycles. The monoisotopic (exact) mass is 900 g/mol. The summed E-state index contributed by atoms with van der Waals surface area (Å²) in [6.45, 7) is 11.4. The van der Waals surface area contributed by atoms with Crippen LogP contribution in [0, 0.1) is 0 Å². The Bertz CT molecular complexity index is 2480. The standard InChI is InChI=1S/C60H60N4O4/c1-5-9-37-65-45-21-13-41(14-22-45)57-49-29-31-51(61-49)58(42-15-23-46(24-16-42)66-38-10-6-2)53-33-35-55(63-53)60(44-19-27-48(28-20-44)68-40-12-8-4)56-36-34-54(64-56)59(52-32-30-50(57)62-52)43-17-25-47(26-18-43)67-39-11-7-3/h13-36H,5-12,37-40H2,1-4H3. The van der Waals surface area contributed by atoms with E-state index in [1.54, 1.807) is 0 Å². The molecule has 0 N–H and O–H groups in total. The first-order valence-electron chi connectivity index (χ1n) is 24.5. The molecule has 5 aliphatic rings. The number of hydrogen-bond acceptors (Lipinski definition) is 8. The van der Waals surface area contributed by atoms with Crippen LogP contribution in [-0.4, -0.2) is 49.3 Å². The number of allylic oxidation sites excluding steroid dienone is 12. The maximum atomic E-state index is 6.10. The summed E-state index contributed by atoms with van der Waals surface area (Å²) in [6, 6.07) is 33.2. The van der Waals surface area contributed by atoms with Crippen molar-refractivity contribution in [3.63, 3.8) is 0 Å². The van der Waals surface area contributed by atoms with Gasteiger partial charge in [-0.2, -0.15) is 0 Å². The van der Waals surface area contributed by atoms with Gasteiger partial charge in [-0.3, -0.25) is 0 Å². The highest BCUT2D eigenvalue weighted by atomic mass is 16.5. The van der Waals surface area contributed by atoms with Crippen molar-refractivity contribution in [2.24, 2.45) is 20.0 Å². The fraction of sp³-hybridized carbons (Fsp3) is 0.267. The van der Waals surface area contributed by atoms with Crippen LogP contribution in [-0.2, 0) is 0 Å². The van der Waals surface area contributed by atoms with Gasteiger partial charge in [0.1, 0.15) is 23.0 Å². The van der Waals surface area contributed by atoms with Crippen LogP contribution in [0.3, 0.4) is 0 Å². The molecule has 8 heteroatoms. The number of unbranched alkanes of at least 4 members (excludes halogenated alkanes) is 4. The Balaban J connectivity index is 1.24. The largest absolute Gasteiger partial charge is 0.494 e. The van der Waals surface area contributed by atoms with E-state index in [0.717, 1.165) is 165 Å². The number of aliphatic imine (C=N–C) groups is 4. The molecule has 0 atom stereocenters. The molecule has 5 aliphatic heterocycles. The van der Waals surface area contributed by atoms with Gasteiger partial charge in [0, 0.05) is 22.3 Å². The molecule has 0 saturated carbocycles. The lowest BCUT2D eigenvalue weighted by Crippen LogP contribution is -2.04. The van der Waals surface area contributed by atoms with Gasteiger partial charge in [-0.15, -0.1) is 0 Å². The van der Waals surface area contributed by atoms with Gasteiger partial charge in [-0.05, 0) is 145 Å². The molecular formula is C60H60N4O4. The van der Waals surface area contributed by atoms with Crippen molar-refractivity contribution in [3.8, 4) is 23.0 Å². The molecule has 0 saturated heterocycles. The van der Waals surface area contributed by atoms with Crippen LogP contribution in [0.2, 0.25) is 0 Å². The minimum Gasteiger partial charge on any atom is -0.494 e. The van der Waals surface area contributed by atoms with E-state index in [4.69, 9.17) is 38.9 Å². The molecule has 344 valence electrons. The Hall–Kier alpha value is -7.32. The lowest BCUT2D eigenvalue weighted by molar-refractivity contribution is 0.309. The summed E-state index contributed by atoms with van der Waals surface area (Å²) in [4.78, 5) is 21.9. The van der Waals surface area contributed by atoms with Gasteiger partial charge in [0.05, 0.1) is 72.1 Å². The molecule has 0 aliphatic carbocycles. The number of rotatable bonds is 20. The summed E-state index contributed by atoms with van der Waals surface area (Å²) < 4.78 is 24.4. The van der Waals surface area contributed by atoms with Crippen molar-refractivity contribution in [1.29, 1.82) is 0 Å². The summed E-state index contributed by atoms with van der Waals surface area (Å²) in [6.07, 6.45) is 25.1. The first-order valence-corrected chi connectivity index (χ1v) is 24.5. The van der Waals surface area contributed by atoms with Crippen molar-refractivity contribution >= 4 is 45.1 Å². The predicted molar refractivity (Wildman–Crippen MR) is 281 cm³/mol. The zero-order valence-electron chi connectivity index (χ0n) is 39.8. The van der Waals surface area contributed by atoms with Crippen LogP contribution in [0.1, 0.15) is 101 Å². The summed E-state index contributed by atoms with van der Waals surface area (Å²) >= 11 is 0. The van der Waals surface area contributed by atoms with Gasteiger partial charge in [-0.25, -0.2) is 20.0 Å². The molecule has 8 nitrogen and oxygen atoms in total.